The number of phenolic OH excluding ortho intramolecular Hbond substituents is 1. The molecule has 0 aromatic heterocycles. The summed E-state index contributed by atoms with van der Waals surface area (Å²) in [6.07, 6.45) is 5.92. The predicted octanol–water partition coefficient (Wildman–Crippen LogP) is 3.22. The predicted molar refractivity (Wildman–Crippen MR) is 88.6 cm³/mol. The molecule has 0 radical (unpaired) electrons. The van der Waals surface area contributed by atoms with Crippen LogP contribution < -0.4 is 5.32 Å². The number of rotatable bonds is 3. The van der Waals surface area contributed by atoms with Crippen LogP contribution in [0.4, 0.5) is 0 Å². The van der Waals surface area contributed by atoms with Crippen LogP contribution in [0, 0.1) is 0 Å². The van der Waals surface area contributed by atoms with Crippen molar-refractivity contribution in [1.29, 1.82) is 0 Å². The summed E-state index contributed by atoms with van der Waals surface area (Å²) in [7, 11) is 0. The number of hydrogen-bond donors (Lipinski definition) is 2. The Hall–Kier alpha value is -1.94. The molecule has 0 atom stereocenters. The second-order valence-corrected chi connectivity index (χ2v) is 6.73. The normalized spacial score (nSPS) is 14.7. The van der Waals surface area contributed by atoms with Gasteiger partial charge < -0.3 is 15.3 Å². The minimum absolute atomic E-state index is 0.0507. The van der Waals surface area contributed by atoms with Crippen molar-refractivity contribution in [3.8, 4) is 5.75 Å². The van der Waals surface area contributed by atoms with Crippen LogP contribution in [0.2, 0.25) is 5.02 Å². The molecule has 1 aliphatic rings. The van der Waals surface area contributed by atoms with E-state index in [0.29, 0.717) is 10.6 Å². The zero-order valence-electron chi connectivity index (χ0n) is 13.1. The lowest BCUT2D eigenvalue weighted by molar-refractivity contribution is -0.119. The molecule has 1 aromatic carbocycles. The summed E-state index contributed by atoms with van der Waals surface area (Å²) in [6, 6.07) is 4.68. The van der Waals surface area contributed by atoms with Crippen LogP contribution in [0.5, 0.6) is 5.75 Å². The molecule has 0 unspecified atom stereocenters. The molecule has 0 saturated heterocycles. The average molecular weight is 321 g/mol. The fraction of sp³-hybridized carbons (Fsp3) is 0.353. The molecule has 0 bridgehead atoms. The van der Waals surface area contributed by atoms with Crippen molar-refractivity contribution in [3.63, 3.8) is 0 Å². The molecule has 22 heavy (non-hydrogen) atoms. The second-order valence-electron chi connectivity index (χ2n) is 6.30. The number of amides is 1. The fourth-order valence-electron chi connectivity index (χ4n) is 2.16. The summed E-state index contributed by atoms with van der Waals surface area (Å²) in [5, 5.41) is 13.1. The lowest BCUT2D eigenvalue weighted by Gasteiger charge is -2.35. The Balaban J connectivity index is 1.95. The van der Waals surface area contributed by atoms with E-state index in [1.54, 1.807) is 12.1 Å². The van der Waals surface area contributed by atoms with Gasteiger partial charge in [-0.05, 0) is 51.1 Å². The first-order valence-corrected chi connectivity index (χ1v) is 7.56. The quantitative estimate of drug-likeness (QED) is 0.899. The third kappa shape index (κ3) is 4.28. The molecule has 0 saturated carbocycles. The van der Waals surface area contributed by atoms with Gasteiger partial charge in [0.1, 0.15) is 5.75 Å². The van der Waals surface area contributed by atoms with Crippen molar-refractivity contribution < 1.29 is 9.90 Å². The number of carbonyl (C=O) groups is 1. The Morgan fingerprint density at radius 1 is 1.41 bits per heavy atom. The highest BCUT2D eigenvalue weighted by molar-refractivity contribution is 6.30. The van der Waals surface area contributed by atoms with Crippen molar-refractivity contribution >= 4 is 17.5 Å². The number of benzene rings is 1. The lowest BCUT2D eigenvalue weighted by Crippen LogP contribution is -2.39. The second kappa shape index (κ2) is 6.44. The lowest BCUT2D eigenvalue weighted by atomic mass is 10.1. The van der Waals surface area contributed by atoms with Crippen molar-refractivity contribution in [3.05, 3.63) is 52.8 Å². The number of nitrogens with zero attached hydrogens (tertiary/aromatic N) is 1. The molecular weight excluding hydrogens is 300 g/mol. The Bertz CT molecular complexity index is 630. The maximum Gasteiger partial charge on any atom is 0.228 e. The zero-order valence-corrected chi connectivity index (χ0v) is 13.8. The van der Waals surface area contributed by atoms with E-state index >= 15 is 0 Å². The van der Waals surface area contributed by atoms with E-state index in [-0.39, 0.29) is 23.6 Å². The Labute approximate surface area is 136 Å². The van der Waals surface area contributed by atoms with Gasteiger partial charge in [-0.25, -0.2) is 0 Å². The average Bonchev–Trinajstić information content (AvgIpc) is 2.42. The van der Waals surface area contributed by atoms with Gasteiger partial charge in [-0.3, -0.25) is 4.79 Å². The van der Waals surface area contributed by atoms with Gasteiger partial charge >= 0.3 is 0 Å². The van der Waals surface area contributed by atoms with Gasteiger partial charge in [-0.15, -0.1) is 0 Å². The molecule has 0 aliphatic carbocycles. The number of halogens is 1. The summed E-state index contributed by atoms with van der Waals surface area (Å²) >= 11 is 5.88. The van der Waals surface area contributed by atoms with Crippen LogP contribution in [0.25, 0.3) is 0 Å². The number of allylic oxidation sites excluding steroid dienone is 1. The summed E-state index contributed by atoms with van der Waals surface area (Å²) in [5.74, 6) is -0.107. The van der Waals surface area contributed by atoms with E-state index in [0.717, 1.165) is 12.2 Å². The van der Waals surface area contributed by atoms with Crippen LogP contribution in [0.15, 0.2) is 42.2 Å². The number of carbonyl (C=O) groups excluding carboxylic acids is 1. The van der Waals surface area contributed by atoms with E-state index in [4.69, 9.17) is 11.6 Å². The summed E-state index contributed by atoms with van der Waals surface area (Å²) in [4.78, 5) is 14.3. The van der Waals surface area contributed by atoms with Crippen LogP contribution in [0.1, 0.15) is 26.3 Å². The van der Waals surface area contributed by atoms with Crippen molar-refractivity contribution in [1.82, 2.24) is 10.2 Å². The molecule has 1 aliphatic heterocycles. The van der Waals surface area contributed by atoms with Crippen LogP contribution in [-0.2, 0) is 11.2 Å². The zero-order chi connectivity index (χ0) is 16.3. The maximum absolute atomic E-state index is 12.1. The van der Waals surface area contributed by atoms with Crippen LogP contribution >= 0.6 is 11.6 Å². The third-order valence-electron chi connectivity index (χ3n) is 3.48. The van der Waals surface area contributed by atoms with E-state index in [2.05, 4.69) is 31.0 Å². The minimum atomic E-state index is -0.183. The van der Waals surface area contributed by atoms with E-state index in [1.165, 1.54) is 6.07 Å². The number of phenols is 1. The molecule has 5 heteroatoms. The van der Waals surface area contributed by atoms with Gasteiger partial charge in [0.15, 0.2) is 0 Å². The molecule has 1 aromatic rings. The largest absolute Gasteiger partial charge is 0.508 e. The smallest absolute Gasteiger partial charge is 0.228 e. The summed E-state index contributed by atoms with van der Waals surface area (Å²) in [5.41, 5.74) is 1.34. The van der Waals surface area contributed by atoms with Gasteiger partial charge in [0.2, 0.25) is 5.91 Å². The van der Waals surface area contributed by atoms with E-state index in [1.807, 2.05) is 18.4 Å². The molecule has 4 nitrogen and oxygen atoms in total. The molecule has 2 N–H and O–H groups in total. The van der Waals surface area contributed by atoms with Crippen molar-refractivity contribution in [2.24, 2.45) is 0 Å². The van der Waals surface area contributed by atoms with Crippen molar-refractivity contribution in [2.75, 3.05) is 6.54 Å². The highest BCUT2D eigenvalue weighted by Gasteiger charge is 2.19. The molecule has 2 rings (SSSR count). The third-order valence-corrected chi connectivity index (χ3v) is 3.71. The first kappa shape index (κ1) is 16.4. The number of aromatic hydroxyl groups is 1. The van der Waals surface area contributed by atoms with Gasteiger partial charge in [0.05, 0.1) is 6.42 Å². The Kier molecular flexibility index (Phi) is 4.81. The Morgan fingerprint density at radius 3 is 2.73 bits per heavy atom. The number of hydrogen-bond acceptors (Lipinski definition) is 3. The highest BCUT2D eigenvalue weighted by atomic mass is 35.5. The van der Waals surface area contributed by atoms with Crippen molar-refractivity contribution in [2.45, 2.75) is 32.7 Å². The summed E-state index contributed by atoms with van der Waals surface area (Å²) in [6.45, 7) is 7.15. The molecule has 118 valence electrons. The molecule has 0 spiro atoms. The van der Waals surface area contributed by atoms with Gasteiger partial charge in [-0.2, -0.15) is 0 Å². The standard InChI is InChI=1S/C17H21ClN2O2/c1-17(2,3)20-8-6-14(7-9-20)19-16(22)11-12-10-13(18)4-5-15(12)21/h4-8,10,21H,9,11H2,1-3H3,(H,19,22). The topological polar surface area (TPSA) is 52.6 Å². The maximum atomic E-state index is 12.1. The summed E-state index contributed by atoms with van der Waals surface area (Å²) < 4.78 is 0. The number of nitrogens with one attached hydrogen (secondary N) is 1. The SMILES string of the molecule is CC(C)(C)N1C=CC(NC(=O)Cc2cc(Cl)ccc2O)=CC1. The molecular formula is C17H21ClN2O2. The van der Waals surface area contributed by atoms with Gasteiger partial charge in [0.25, 0.3) is 0 Å². The van der Waals surface area contributed by atoms with Crippen LogP contribution in [0.3, 0.4) is 0 Å². The minimum Gasteiger partial charge on any atom is -0.508 e. The van der Waals surface area contributed by atoms with E-state index < -0.39 is 0 Å². The molecule has 1 amide bonds. The van der Waals surface area contributed by atoms with Gasteiger partial charge in [-0.1, -0.05) is 11.6 Å². The van der Waals surface area contributed by atoms with E-state index in [9.17, 15) is 9.90 Å². The molecule has 1 heterocycles. The van der Waals surface area contributed by atoms with Gasteiger partial charge in [0, 0.05) is 34.6 Å². The first-order chi connectivity index (χ1) is 10.3. The monoisotopic (exact) mass is 320 g/mol. The van der Waals surface area contributed by atoms with Crippen LogP contribution in [-0.4, -0.2) is 28.0 Å². The molecule has 0 fully saturated rings. The fourth-order valence-corrected chi connectivity index (χ4v) is 2.35. The first-order valence-electron chi connectivity index (χ1n) is 7.18. The highest BCUT2D eigenvalue weighted by Crippen LogP contribution is 2.22. The Morgan fingerprint density at radius 2 is 2.14 bits per heavy atom.